The van der Waals surface area contributed by atoms with Crippen molar-refractivity contribution in [2.24, 2.45) is 0 Å². The van der Waals surface area contributed by atoms with Gasteiger partial charge in [-0.3, -0.25) is 9.69 Å². The fraction of sp³-hybridized carbons (Fsp3) is 0.579. The number of rotatable bonds is 7. The number of likely N-dealkylation sites (N-methyl/N-ethyl adjacent to an activating group) is 1. The number of hydrogen-bond acceptors (Lipinski definition) is 3. The molecule has 0 radical (unpaired) electrons. The van der Waals surface area contributed by atoms with Gasteiger partial charge in [0.25, 0.3) is 0 Å². The van der Waals surface area contributed by atoms with Gasteiger partial charge in [-0.1, -0.05) is 49.6 Å². The minimum atomic E-state index is -0.625. The molecule has 1 N–H and O–H groups in total. The zero-order chi connectivity index (χ0) is 16.5. The maximum atomic E-state index is 12.2. The van der Waals surface area contributed by atoms with E-state index in [0.717, 1.165) is 45.1 Å². The summed E-state index contributed by atoms with van der Waals surface area (Å²) in [5.41, 5.74) is 0.705. The molecule has 0 heterocycles. The standard InChI is InChI=1S/C19H27N3O/c1-22(14-8-11-17-9-4-2-5-10-17)15-18(23)21-19(16-20)12-6-3-7-13-19/h2,4-5,9-10H,3,6-8,11-15H2,1H3,(H,21,23). The van der Waals surface area contributed by atoms with Gasteiger partial charge in [-0.25, -0.2) is 0 Å². The number of nitrogens with zero attached hydrogens (tertiary/aromatic N) is 2. The normalized spacial score (nSPS) is 16.7. The maximum absolute atomic E-state index is 12.2. The van der Waals surface area contributed by atoms with Crippen LogP contribution in [-0.2, 0) is 11.2 Å². The van der Waals surface area contributed by atoms with Gasteiger partial charge in [0, 0.05) is 0 Å². The SMILES string of the molecule is CN(CCCc1ccccc1)CC(=O)NC1(C#N)CCCCC1. The van der Waals surface area contributed by atoms with Crippen LogP contribution in [0.25, 0.3) is 0 Å². The van der Waals surface area contributed by atoms with Crippen molar-refractivity contribution >= 4 is 5.91 Å². The number of nitriles is 1. The number of aryl methyl sites for hydroxylation is 1. The molecule has 1 saturated carbocycles. The molecule has 0 aromatic heterocycles. The fourth-order valence-corrected chi connectivity index (χ4v) is 3.25. The molecule has 0 bridgehead atoms. The van der Waals surface area contributed by atoms with Crippen molar-refractivity contribution in [3.8, 4) is 6.07 Å². The van der Waals surface area contributed by atoms with Gasteiger partial charge >= 0.3 is 0 Å². The second kappa shape index (κ2) is 8.69. The van der Waals surface area contributed by atoms with Gasteiger partial charge in [0.1, 0.15) is 5.54 Å². The Labute approximate surface area is 139 Å². The summed E-state index contributed by atoms with van der Waals surface area (Å²) in [7, 11) is 1.96. The van der Waals surface area contributed by atoms with Crippen LogP contribution in [0.2, 0.25) is 0 Å². The molecule has 1 amide bonds. The molecule has 0 aliphatic heterocycles. The van der Waals surface area contributed by atoms with Crippen LogP contribution in [-0.4, -0.2) is 36.5 Å². The van der Waals surface area contributed by atoms with E-state index in [9.17, 15) is 10.1 Å². The van der Waals surface area contributed by atoms with Crippen LogP contribution in [0.1, 0.15) is 44.1 Å². The van der Waals surface area contributed by atoms with Crippen molar-refractivity contribution in [1.29, 1.82) is 5.26 Å². The van der Waals surface area contributed by atoms with E-state index in [2.05, 4.69) is 35.7 Å². The lowest BCUT2D eigenvalue weighted by atomic mass is 9.83. The summed E-state index contributed by atoms with van der Waals surface area (Å²) in [6.07, 6.45) is 6.84. The molecule has 23 heavy (non-hydrogen) atoms. The third kappa shape index (κ3) is 5.69. The summed E-state index contributed by atoms with van der Waals surface area (Å²) in [6.45, 7) is 1.24. The highest BCUT2D eigenvalue weighted by atomic mass is 16.2. The Kier molecular flexibility index (Phi) is 6.61. The van der Waals surface area contributed by atoms with Crippen LogP contribution < -0.4 is 5.32 Å². The Hall–Kier alpha value is -1.86. The van der Waals surface area contributed by atoms with Crippen molar-refractivity contribution in [2.45, 2.75) is 50.5 Å². The first-order chi connectivity index (χ1) is 11.1. The molecule has 124 valence electrons. The predicted molar refractivity (Wildman–Crippen MR) is 91.8 cm³/mol. The second-order valence-electron chi connectivity index (χ2n) is 6.63. The molecule has 1 aliphatic rings. The van der Waals surface area contributed by atoms with Gasteiger partial charge in [-0.05, 0) is 44.8 Å². The smallest absolute Gasteiger partial charge is 0.235 e. The molecule has 1 aliphatic carbocycles. The van der Waals surface area contributed by atoms with E-state index in [-0.39, 0.29) is 5.91 Å². The number of carbonyl (C=O) groups excluding carboxylic acids is 1. The number of hydrogen-bond donors (Lipinski definition) is 1. The van der Waals surface area contributed by atoms with E-state index in [0.29, 0.717) is 6.54 Å². The third-order valence-corrected chi connectivity index (χ3v) is 4.56. The highest BCUT2D eigenvalue weighted by Crippen LogP contribution is 2.27. The van der Waals surface area contributed by atoms with Crippen molar-refractivity contribution in [3.63, 3.8) is 0 Å². The minimum absolute atomic E-state index is 0.0318. The van der Waals surface area contributed by atoms with E-state index >= 15 is 0 Å². The second-order valence-corrected chi connectivity index (χ2v) is 6.63. The Morgan fingerprint density at radius 2 is 1.96 bits per heavy atom. The Balaban J connectivity index is 1.71. The van der Waals surface area contributed by atoms with Crippen LogP contribution in [0.4, 0.5) is 0 Å². The monoisotopic (exact) mass is 313 g/mol. The first-order valence-corrected chi connectivity index (χ1v) is 8.58. The summed E-state index contributed by atoms with van der Waals surface area (Å²) in [5, 5.41) is 12.4. The summed E-state index contributed by atoms with van der Waals surface area (Å²) in [6, 6.07) is 12.7. The number of amides is 1. The summed E-state index contributed by atoms with van der Waals surface area (Å²) in [5.74, 6) is -0.0318. The summed E-state index contributed by atoms with van der Waals surface area (Å²) in [4.78, 5) is 14.2. The van der Waals surface area contributed by atoms with Gasteiger partial charge in [0.15, 0.2) is 0 Å². The van der Waals surface area contributed by atoms with Crippen molar-refractivity contribution in [3.05, 3.63) is 35.9 Å². The van der Waals surface area contributed by atoms with Crippen LogP contribution in [0.3, 0.4) is 0 Å². The van der Waals surface area contributed by atoms with E-state index in [4.69, 9.17) is 0 Å². The first kappa shape index (κ1) is 17.5. The molecule has 0 saturated heterocycles. The lowest BCUT2D eigenvalue weighted by molar-refractivity contribution is -0.123. The van der Waals surface area contributed by atoms with Crippen molar-refractivity contribution < 1.29 is 4.79 Å². The Morgan fingerprint density at radius 1 is 1.26 bits per heavy atom. The van der Waals surface area contributed by atoms with Gasteiger partial charge in [-0.2, -0.15) is 5.26 Å². The fourth-order valence-electron chi connectivity index (χ4n) is 3.25. The van der Waals surface area contributed by atoms with E-state index in [1.165, 1.54) is 12.0 Å². The lowest BCUT2D eigenvalue weighted by Gasteiger charge is -2.32. The molecular weight excluding hydrogens is 286 g/mol. The minimum Gasteiger partial charge on any atom is -0.337 e. The molecule has 0 spiro atoms. The molecule has 2 rings (SSSR count). The van der Waals surface area contributed by atoms with Crippen molar-refractivity contribution in [2.75, 3.05) is 20.1 Å². The maximum Gasteiger partial charge on any atom is 0.235 e. The van der Waals surface area contributed by atoms with Crippen LogP contribution >= 0.6 is 0 Å². The van der Waals surface area contributed by atoms with Gasteiger partial charge < -0.3 is 5.32 Å². The Bertz CT molecular complexity index is 529. The Morgan fingerprint density at radius 3 is 2.61 bits per heavy atom. The molecule has 0 unspecified atom stereocenters. The molecular formula is C19H27N3O. The molecule has 4 nitrogen and oxygen atoms in total. The van der Waals surface area contributed by atoms with Crippen LogP contribution in [0.15, 0.2) is 30.3 Å². The van der Waals surface area contributed by atoms with Crippen LogP contribution in [0, 0.1) is 11.3 Å². The number of carbonyl (C=O) groups is 1. The van der Waals surface area contributed by atoms with Gasteiger partial charge in [0.05, 0.1) is 12.6 Å². The summed E-state index contributed by atoms with van der Waals surface area (Å²) >= 11 is 0. The number of benzene rings is 1. The average molecular weight is 313 g/mol. The molecule has 4 heteroatoms. The van der Waals surface area contributed by atoms with E-state index < -0.39 is 5.54 Å². The first-order valence-electron chi connectivity index (χ1n) is 8.58. The lowest BCUT2D eigenvalue weighted by Crippen LogP contribution is -2.51. The molecule has 1 fully saturated rings. The van der Waals surface area contributed by atoms with E-state index in [1.807, 2.05) is 18.0 Å². The molecule has 0 atom stereocenters. The molecule has 1 aromatic carbocycles. The highest BCUT2D eigenvalue weighted by molar-refractivity contribution is 5.79. The largest absolute Gasteiger partial charge is 0.337 e. The van der Waals surface area contributed by atoms with E-state index in [1.54, 1.807) is 0 Å². The third-order valence-electron chi connectivity index (χ3n) is 4.56. The highest BCUT2D eigenvalue weighted by Gasteiger charge is 2.33. The zero-order valence-electron chi connectivity index (χ0n) is 14.1. The van der Waals surface area contributed by atoms with Crippen LogP contribution in [0.5, 0.6) is 0 Å². The molecule has 1 aromatic rings. The quantitative estimate of drug-likeness (QED) is 0.842. The predicted octanol–water partition coefficient (Wildman–Crippen LogP) is 2.89. The van der Waals surface area contributed by atoms with Gasteiger partial charge in [0.2, 0.25) is 5.91 Å². The van der Waals surface area contributed by atoms with Gasteiger partial charge in [-0.15, -0.1) is 0 Å². The summed E-state index contributed by atoms with van der Waals surface area (Å²) < 4.78 is 0. The number of nitrogens with one attached hydrogen (secondary N) is 1. The zero-order valence-corrected chi connectivity index (χ0v) is 14.1. The average Bonchev–Trinajstić information content (AvgIpc) is 2.56. The van der Waals surface area contributed by atoms with Crippen molar-refractivity contribution in [1.82, 2.24) is 10.2 Å². The topological polar surface area (TPSA) is 56.1 Å².